The second kappa shape index (κ2) is 12.2. The molecule has 166 valence electrons. The van der Waals surface area contributed by atoms with Gasteiger partial charge in [-0.2, -0.15) is 4.67 Å². The molecule has 3 aromatic rings. The summed E-state index contributed by atoms with van der Waals surface area (Å²) in [6.45, 7) is 4.39. The molecule has 0 saturated carbocycles. The lowest BCUT2D eigenvalue weighted by Crippen LogP contribution is -3.00. The Morgan fingerprint density at radius 1 is 0.710 bits per heavy atom. The standard InChI is InChI=1S/C24H30NO3P2.HI/c1-4-27-29(26,28-5-2)21-25(3)30(22-15-9-6-10-16-22,23-17-11-7-12-18-23)24-19-13-8-14-20-24;/h6-20H,4-5,21H2,1-3H3;1H/q+1;/p-1. The van der Waals surface area contributed by atoms with E-state index in [2.05, 4.69) is 77.5 Å². The average Bonchev–Trinajstić information content (AvgIpc) is 2.77. The Balaban J connectivity index is 0.00000341. The lowest BCUT2D eigenvalue weighted by Gasteiger charge is -2.35. The van der Waals surface area contributed by atoms with E-state index >= 15 is 0 Å². The third-order valence-corrected chi connectivity index (χ3v) is 11.5. The molecule has 0 aliphatic rings. The number of hydrogen-bond acceptors (Lipinski definition) is 4. The van der Waals surface area contributed by atoms with Crippen LogP contribution < -0.4 is 39.9 Å². The lowest BCUT2D eigenvalue weighted by atomic mass is 10.4. The van der Waals surface area contributed by atoms with Crippen LogP contribution in [0, 0.1) is 0 Å². The predicted molar refractivity (Wildman–Crippen MR) is 129 cm³/mol. The first kappa shape index (κ1) is 26.2. The molecule has 0 amide bonds. The number of halogens is 1. The van der Waals surface area contributed by atoms with Gasteiger partial charge < -0.3 is 33.0 Å². The predicted octanol–water partition coefficient (Wildman–Crippen LogP) is 2.05. The van der Waals surface area contributed by atoms with E-state index in [0.717, 1.165) is 0 Å². The lowest BCUT2D eigenvalue weighted by molar-refractivity contribution is -0.0000110. The third kappa shape index (κ3) is 5.84. The summed E-state index contributed by atoms with van der Waals surface area (Å²) < 4.78 is 27.0. The van der Waals surface area contributed by atoms with Gasteiger partial charge in [-0.3, -0.25) is 4.57 Å². The van der Waals surface area contributed by atoms with E-state index in [0.29, 0.717) is 13.2 Å². The minimum atomic E-state index is -3.28. The van der Waals surface area contributed by atoms with Gasteiger partial charge in [-0.05, 0) is 50.2 Å². The van der Waals surface area contributed by atoms with Gasteiger partial charge in [-0.25, -0.2) is 0 Å². The Bertz CT molecular complexity index is 852. The van der Waals surface area contributed by atoms with Gasteiger partial charge in [0.1, 0.15) is 22.2 Å². The molecule has 3 rings (SSSR count). The average molecular weight is 569 g/mol. The van der Waals surface area contributed by atoms with Crippen molar-refractivity contribution in [2.24, 2.45) is 0 Å². The maximum atomic E-state index is 13.5. The van der Waals surface area contributed by atoms with E-state index in [9.17, 15) is 4.57 Å². The van der Waals surface area contributed by atoms with Crippen LogP contribution in [0.15, 0.2) is 91.0 Å². The summed E-state index contributed by atoms with van der Waals surface area (Å²) in [4.78, 5) is 0. The fourth-order valence-corrected chi connectivity index (χ4v) is 10.5. The fourth-order valence-electron chi connectivity index (χ4n) is 3.83. The van der Waals surface area contributed by atoms with Gasteiger partial charge in [-0.1, -0.05) is 54.6 Å². The van der Waals surface area contributed by atoms with Gasteiger partial charge in [-0.15, -0.1) is 0 Å². The number of hydrogen-bond donors (Lipinski definition) is 0. The maximum absolute atomic E-state index is 13.5. The molecule has 0 aliphatic carbocycles. The van der Waals surface area contributed by atoms with Gasteiger partial charge in [0.15, 0.2) is 7.41 Å². The molecule has 0 saturated heterocycles. The molecule has 0 aliphatic heterocycles. The summed E-state index contributed by atoms with van der Waals surface area (Å²) in [7, 11) is -3.53. The smallest absolute Gasteiger partial charge is 0.348 e. The van der Waals surface area contributed by atoms with Crippen molar-refractivity contribution in [1.82, 2.24) is 4.67 Å². The number of rotatable bonds is 10. The highest BCUT2D eigenvalue weighted by molar-refractivity contribution is 7.94. The molecule has 4 nitrogen and oxygen atoms in total. The highest BCUT2D eigenvalue weighted by Crippen LogP contribution is 2.62. The molecule has 0 aromatic heterocycles. The minimum absolute atomic E-state index is 0. The van der Waals surface area contributed by atoms with Crippen LogP contribution in [-0.4, -0.2) is 31.2 Å². The molecule has 0 atom stereocenters. The second-order valence-corrected chi connectivity index (χ2v) is 12.4. The van der Waals surface area contributed by atoms with Crippen LogP contribution in [0.2, 0.25) is 0 Å². The van der Waals surface area contributed by atoms with E-state index in [4.69, 9.17) is 9.05 Å². The second-order valence-electron chi connectivity index (χ2n) is 6.89. The van der Waals surface area contributed by atoms with Crippen molar-refractivity contribution in [2.45, 2.75) is 13.8 Å². The Morgan fingerprint density at radius 3 is 1.32 bits per heavy atom. The number of nitrogens with zero attached hydrogens (tertiary/aromatic N) is 1. The Kier molecular flexibility index (Phi) is 10.3. The summed E-state index contributed by atoms with van der Waals surface area (Å²) in [5.74, 6) is 0. The largest absolute Gasteiger partial charge is 1.00 e. The van der Waals surface area contributed by atoms with Crippen molar-refractivity contribution in [2.75, 3.05) is 26.5 Å². The van der Waals surface area contributed by atoms with Crippen LogP contribution in [0.4, 0.5) is 0 Å². The van der Waals surface area contributed by atoms with Crippen LogP contribution in [0.25, 0.3) is 0 Å². The van der Waals surface area contributed by atoms with E-state index < -0.39 is 15.0 Å². The van der Waals surface area contributed by atoms with Gasteiger partial charge in [0.05, 0.1) is 13.2 Å². The van der Waals surface area contributed by atoms with E-state index in [1.165, 1.54) is 15.9 Å². The van der Waals surface area contributed by atoms with Crippen molar-refractivity contribution < 1.29 is 37.6 Å². The number of benzene rings is 3. The zero-order chi connectivity index (χ0) is 21.5. The normalized spacial score (nSPS) is 11.9. The first-order valence-electron chi connectivity index (χ1n) is 10.2. The monoisotopic (exact) mass is 569 g/mol. The molecule has 0 fully saturated rings. The van der Waals surface area contributed by atoms with Crippen LogP contribution in [0.5, 0.6) is 0 Å². The Labute approximate surface area is 203 Å². The highest BCUT2D eigenvalue weighted by atomic mass is 127. The van der Waals surface area contributed by atoms with Gasteiger partial charge in [0.2, 0.25) is 0 Å². The fraction of sp³-hybridized carbons (Fsp3) is 0.250. The van der Waals surface area contributed by atoms with Crippen molar-refractivity contribution in [3.8, 4) is 0 Å². The van der Waals surface area contributed by atoms with Crippen molar-refractivity contribution in [3.05, 3.63) is 91.0 Å². The summed E-state index contributed by atoms with van der Waals surface area (Å²) in [5.41, 5.74) is 0. The van der Waals surface area contributed by atoms with Gasteiger partial charge in [0, 0.05) is 7.05 Å². The zero-order valence-electron chi connectivity index (χ0n) is 18.2. The first-order chi connectivity index (χ1) is 14.6. The highest BCUT2D eigenvalue weighted by Gasteiger charge is 2.52. The minimum Gasteiger partial charge on any atom is -1.00 e. The Morgan fingerprint density at radius 2 is 1.03 bits per heavy atom. The van der Waals surface area contributed by atoms with Crippen LogP contribution in [-0.2, 0) is 13.6 Å². The molecule has 0 spiro atoms. The molecule has 0 N–H and O–H groups in total. The quantitative estimate of drug-likeness (QED) is 0.277. The summed E-state index contributed by atoms with van der Waals surface area (Å²) in [6, 6.07) is 31.4. The molecule has 3 aromatic carbocycles. The Hall–Kier alpha value is -1.07. The van der Waals surface area contributed by atoms with Crippen molar-refractivity contribution in [1.29, 1.82) is 0 Å². The summed E-state index contributed by atoms with van der Waals surface area (Å²) in [6.07, 6.45) is 0.209. The van der Waals surface area contributed by atoms with E-state index in [-0.39, 0.29) is 30.3 Å². The topological polar surface area (TPSA) is 38.8 Å². The van der Waals surface area contributed by atoms with E-state index in [1.807, 2.05) is 39.1 Å². The molecule has 0 bridgehead atoms. The van der Waals surface area contributed by atoms with E-state index in [1.54, 1.807) is 0 Å². The molecule has 0 radical (unpaired) electrons. The summed E-state index contributed by atoms with van der Waals surface area (Å²) in [5, 5.41) is 3.60. The van der Waals surface area contributed by atoms with Crippen LogP contribution in [0.3, 0.4) is 0 Å². The molecule has 0 unspecified atom stereocenters. The molecule has 0 heterocycles. The van der Waals surface area contributed by atoms with Crippen LogP contribution in [0.1, 0.15) is 13.8 Å². The molecular weight excluding hydrogens is 539 g/mol. The molecule has 7 heteroatoms. The molecule has 31 heavy (non-hydrogen) atoms. The van der Waals surface area contributed by atoms with Crippen molar-refractivity contribution >= 4 is 30.9 Å². The molecular formula is C24H30INO3P2. The third-order valence-electron chi connectivity index (χ3n) is 4.93. The van der Waals surface area contributed by atoms with Crippen LogP contribution >= 0.6 is 15.0 Å². The zero-order valence-corrected chi connectivity index (χ0v) is 22.2. The summed E-state index contributed by atoms with van der Waals surface area (Å²) >= 11 is 0. The van der Waals surface area contributed by atoms with Gasteiger partial charge >= 0.3 is 7.60 Å². The van der Waals surface area contributed by atoms with Crippen molar-refractivity contribution in [3.63, 3.8) is 0 Å². The maximum Gasteiger partial charge on any atom is 0.348 e. The SMILES string of the molecule is CCOP(=O)(CN(C)[P+](c1ccccc1)(c1ccccc1)c1ccccc1)OCC.[I-]. The van der Waals surface area contributed by atoms with Gasteiger partial charge in [0.25, 0.3) is 0 Å². The first-order valence-corrected chi connectivity index (χ1v) is 13.7.